The number of benzene rings is 1. The van der Waals surface area contributed by atoms with E-state index in [0.717, 1.165) is 5.56 Å². The second-order valence-electron chi connectivity index (χ2n) is 3.88. The van der Waals surface area contributed by atoms with Gasteiger partial charge < -0.3 is 4.74 Å². The van der Waals surface area contributed by atoms with Crippen molar-refractivity contribution in [3.8, 4) is 5.75 Å². The third-order valence-electron chi connectivity index (χ3n) is 2.28. The maximum Gasteiger partial charge on any atom is 0.236 e. The maximum absolute atomic E-state index is 11.1. The molecule has 0 atom stereocenters. The van der Waals surface area contributed by atoms with Crippen LogP contribution in [0.2, 0.25) is 0 Å². The molecular formula is C11H15ClO3S. The summed E-state index contributed by atoms with van der Waals surface area (Å²) in [6.45, 7) is 4.05. The quantitative estimate of drug-likeness (QED) is 0.784. The van der Waals surface area contributed by atoms with Crippen molar-refractivity contribution in [1.29, 1.82) is 0 Å². The molecule has 1 aromatic rings. The lowest BCUT2D eigenvalue weighted by Gasteiger charge is -2.15. The Hall–Kier alpha value is -0.740. The highest BCUT2D eigenvalue weighted by Gasteiger charge is 2.16. The largest absolute Gasteiger partial charge is 0.496 e. The predicted octanol–water partition coefficient (Wildman–Crippen LogP) is 2.89. The van der Waals surface area contributed by atoms with Gasteiger partial charge in [-0.1, -0.05) is 32.0 Å². The molecule has 0 aliphatic carbocycles. The first kappa shape index (κ1) is 13.3. The summed E-state index contributed by atoms with van der Waals surface area (Å²) in [4.78, 5) is 0. The highest BCUT2D eigenvalue weighted by molar-refractivity contribution is 8.13. The van der Waals surface area contributed by atoms with E-state index in [-0.39, 0.29) is 11.7 Å². The smallest absolute Gasteiger partial charge is 0.236 e. The summed E-state index contributed by atoms with van der Waals surface area (Å²) in [6, 6.07) is 5.45. The molecule has 0 spiro atoms. The number of rotatable bonds is 4. The Kier molecular flexibility index (Phi) is 4.21. The van der Waals surface area contributed by atoms with Crippen molar-refractivity contribution in [1.82, 2.24) is 0 Å². The number of hydrogen-bond acceptors (Lipinski definition) is 3. The van der Waals surface area contributed by atoms with Crippen molar-refractivity contribution in [3.63, 3.8) is 0 Å². The number of para-hydroxylation sites is 1. The molecule has 0 heterocycles. The van der Waals surface area contributed by atoms with Crippen LogP contribution in [0.15, 0.2) is 18.2 Å². The van der Waals surface area contributed by atoms with E-state index in [0.29, 0.717) is 11.3 Å². The van der Waals surface area contributed by atoms with Crippen molar-refractivity contribution >= 4 is 19.7 Å². The van der Waals surface area contributed by atoms with Crippen molar-refractivity contribution in [3.05, 3.63) is 29.3 Å². The zero-order valence-electron chi connectivity index (χ0n) is 9.53. The second-order valence-corrected chi connectivity index (χ2v) is 6.65. The molecule has 0 saturated carbocycles. The van der Waals surface area contributed by atoms with E-state index in [2.05, 4.69) is 0 Å². The van der Waals surface area contributed by atoms with Gasteiger partial charge in [0.25, 0.3) is 0 Å². The molecule has 0 bridgehead atoms. The van der Waals surface area contributed by atoms with Gasteiger partial charge in [0.15, 0.2) is 0 Å². The molecule has 5 heteroatoms. The summed E-state index contributed by atoms with van der Waals surface area (Å²) >= 11 is 0. The van der Waals surface area contributed by atoms with Crippen LogP contribution in [0.1, 0.15) is 30.9 Å². The Morgan fingerprint density at radius 3 is 2.44 bits per heavy atom. The van der Waals surface area contributed by atoms with Gasteiger partial charge in [0.2, 0.25) is 9.05 Å². The average Bonchev–Trinajstić information content (AvgIpc) is 2.14. The number of halogens is 1. The topological polar surface area (TPSA) is 43.4 Å². The van der Waals surface area contributed by atoms with Crippen LogP contribution in [0.4, 0.5) is 0 Å². The fraction of sp³-hybridized carbons (Fsp3) is 0.455. The molecule has 1 rings (SSSR count). The van der Waals surface area contributed by atoms with Crippen LogP contribution in [0.5, 0.6) is 5.75 Å². The molecule has 3 nitrogen and oxygen atoms in total. The van der Waals surface area contributed by atoms with Crippen LogP contribution in [-0.4, -0.2) is 15.5 Å². The van der Waals surface area contributed by atoms with Crippen molar-refractivity contribution in [2.24, 2.45) is 0 Å². The molecule has 0 radical (unpaired) electrons. The lowest BCUT2D eigenvalue weighted by molar-refractivity contribution is 0.404. The van der Waals surface area contributed by atoms with Crippen LogP contribution in [0, 0.1) is 0 Å². The molecule has 0 N–H and O–H groups in total. The van der Waals surface area contributed by atoms with E-state index in [1.54, 1.807) is 6.07 Å². The molecule has 0 saturated heterocycles. The summed E-state index contributed by atoms with van der Waals surface area (Å²) in [7, 11) is 3.22. The van der Waals surface area contributed by atoms with Gasteiger partial charge in [-0.15, -0.1) is 0 Å². The van der Waals surface area contributed by atoms with Crippen LogP contribution in [0.3, 0.4) is 0 Å². The molecule has 16 heavy (non-hydrogen) atoms. The van der Waals surface area contributed by atoms with Crippen molar-refractivity contribution in [2.75, 3.05) is 7.11 Å². The molecule has 0 aromatic heterocycles. The minimum absolute atomic E-state index is 0.210. The van der Waals surface area contributed by atoms with Crippen molar-refractivity contribution in [2.45, 2.75) is 25.5 Å². The first-order valence-corrected chi connectivity index (χ1v) is 7.41. The van der Waals surface area contributed by atoms with Gasteiger partial charge in [-0.05, 0) is 11.5 Å². The summed E-state index contributed by atoms with van der Waals surface area (Å²) < 4.78 is 27.4. The fourth-order valence-corrected chi connectivity index (χ4v) is 2.56. The Labute approximate surface area is 101 Å². The van der Waals surface area contributed by atoms with Crippen LogP contribution >= 0.6 is 10.7 Å². The van der Waals surface area contributed by atoms with Gasteiger partial charge in [0, 0.05) is 16.2 Å². The van der Waals surface area contributed by atoms with Gasteiger partial charge in [0.1, 0.15) is 5.75 Å². The monoisotopic (exact) mass is 262 g/mol. The van der Waals surface area contributed by atoms with Crippen molar-refractivity contribution < 1.29 is 13.2 Å². The van der Waals surface area contributed by atoms with Gasteiger partial charge in [-0.25, -0.2) is 8.42 Å². The minimum atomic E-state index is -3.56. The first-order chi connectivity index (χ1) is 7.35. The second kappa shape index (κ2) is 5.06. The summed E-state index contributed by atoms with van der Waals surface area (Å²) in [6.07, 6.45) is 0. The summed E-state index contributed by atoms with van der Waals surface area (Å²) in [5, 5.41) is 0. The standard InChI is InChI=1S/C11H15ClO3S/c1-8(2)10-6-4-5-9(11(10)15-3)7-16(12,13)14/h4-6,8H,7H2,1-3H3. The Balaban J connectivity index is 3.24. The van der Waals surface area contributed by atoms with E-state index >= 15 is 0 Å². The molecular weight excluding hydrogens is 248 g/mol. The Bertz CT molecular complexity index is 466. The lowest BCUT2D eigenvalue weighted by atomic mass is 10.00. The molecule has 0 unspecified atom stereocenters. The molecule has 0 fully saturated rings. The zero-order chi connectivity index (χ0) is 12.3. The predicted molar refractivity (Wildman–Crippen MR) is 65.6 cm³/mol. The van der Waals surface area contributed by atoms with E-state index < -0.39 is 9.05 Å². The van der Waals surface area contributed by atoms with Gasteiger partial charge >= 0.3 is 0 Å². The first-order valence-electron chi connectivity index (χ1n) is 4.93. The Morgan fingerprint density at radius 2 is 2.00 bits per heavy atom. The zero-order valence-corrected chi connectivity index (χ0v) is 11.1. The average molecular weight is 263 g/mol. The van der Waals surface area contributed by atoms with Crippen LogP contribution in [-0.2, 0) is 14.8 Å². The van der Waals surface area contributed by atoms with E-state index in [4.69, 9.17) is 15.4 Å². The third kappa shape index (κ3) is 3.39. The maximum atomic E-state index is 11.1. The number of methoxy groups -OCH3 is 1. The number of hydrogen-bond donors (Lipinski definition) is 0. The minimum Gasteiger partial charge on any atom is -0.496 e. The van der Waals surface area contributed by atoms with E-state index in [1.807, 2.05) is 26.0 Å². The highest BCUT2D eigenvalue weighted by atomic mass is 35.7. The lowest BCUT2D eigenvalue weighted by Crippen LogP contribution is -2.02. The molecule has 90 valence electrons. The van der Waals surface area contributed by atoms with Gasteiger partial charge in [-0.2, -0.15) is 0 Å². The molecule has 0 aliphatic rings. The molecule has 0 aliphatic heterocycles. The Morgan fingerprint density at radius 1 is 1.38 bits per heavy atom. The highest BCUT2D eigenvalue weighted by Crippen LogP contribution is 2.31. The summed E-state index contributed by atoms with van der Waals surface area (Å²) in [5.41, 5.74) is 1.59. The van der Waals surface area contributed by atoms with Gasteiger partial charge in [-0.3, -0.25) is 0 Å². The number of ether oxygens (including phenoxy) is 1. The molecule has 0 amide bonds. The molecule has 1 aromatic carbocycles. The third-order valence-corrected chi connectivity index (χ3v) is 3.26. The van der Waals surface area contributed by atoms with Crippen LogP contribution < -0.4 is 4.74 Å². The summed E-state index contributed by atoms with van der Waals surface area (Å²) in [5.74, 6) is 0.674. The normalized spacial score (nSPS) is 11.8. The van der Waals surface area contributed by atoms with Crippen LogP contribution in [0.25, 0.3) is 0 Å². The van der Waals surface area contributed by atoms with E-state index in [9.17, 15) is 8.42 Å². The van der Waals surface area contributed by atoms with Gasteiger partial charge in [0.05, 0.1) is 12.9 Å². The SMILES string of the molecule is COc1c(CS(=O)(=O)Cl)cccc1C(C)C. The fourth-order valence-electron chi connectivity index (χ4n) is 1.61. The van der Waals surface area contributed by atoms with E-state index in [1.165, 1.54) is 7.11 Å².